The van der Waals surface area contributed by atoms with Gasteiger partial charge in [0.05, 0.1) is 39.7 Å². The van der Waals surface area contributed by atoms with Gasteiger partial charge >= 0.3 is 0 Å². The van der Waals surface area contributed by atoms with Crippen molar-refractivity contribution in [2.24, 2.45) is 17.8 Å². The van der Waals surface area contributed by atoms with Gasteiger partial charge in [0.25, 0.3) is 5.92 Å². The second-order valence-electron chi connectivity index (χ2n) is 28.4. The van der Waals surface area contributed by atoms with Crippen molar-refractivity contribution in [3.8, 4) is 5.75 Å². The van der Waals surface area contributed by atoms with Crippen LogP contribution in [0, 0.1) is 28.2 Å². The third-order valence-electron chi connectivity index (χ3n) is 19.0. The van der Waals surface area contributed by atoms with Gasteiger partial charge in [-0.05, 0) is 121 Å². The van der Waals surface area contributed by atoms with Crippen LogP contribution in [-0.2, 0) is 76.8 Å². The summed E-state index contributed by atoms with van der Waals surface area (Å²) in [5.74, 6) is -13.5. The first kappa shape index (κ1) is 83.4. The zero-order valence-electron chi connectivity index (χ0n) is 61.6. The fraction of sp³-hybridized carbons (Fsp3) is 0.589. The summed E-state index contributed by atoms with van der Waals surface area (Å²) in [5.41, 5.74) is 0.887. The van der Waals surface area contributed by atoms with Crippen molar-refractivity contribution in [2.45, 2.75) is 174 Å². The number of hydrogen-bond acceptors (Lipinski definition) is 13. The number of ether oxygens (including phenoxy) is 1. The molecule has 25 nitrogen and oxygen atoms in total. The highest BCUT2D eigenvalue weighted by molar-refractivity contribution is 14.1. The second kappa shape index (κ2) is 37.0. The van der Waals surface area contributed by atoms with E-state index in [9.17, 15) is 38.4 Å². The van der Waals surface area contributed by atoms with Gasteiger partial charge in [0.2, 0.25) is 70.9 Å². The molecule has 7 unspecified atom stereocenters. The summed E-state index contributed by atoms with van der Waals surface area (Å²) >= 11 is 2.11. The molecule has 2 saturated heterocycles. The molecule has 8 atom stereocenters. The van der Waals surface area contributed by atoms with E-state index < -0.39 is 170 Å². The minimum atomic E-state index is -3.31. The highest BCUT2D eigenvalue weighted by Gasteiger charge is 2.46. The number of likely N-dealkylation sites (tertiary alicyclic amines) is 1. The number of nitrogens with one attached hydrogen (secondary N) is 4. The van der Waals surface area contributed by atoms with Crippen LogP contribution < -0.4 is 26.0 Å². The van der Waals surface area contributed by atoms with Crippen LogP contribution in [0.5, 0.6) is 5.75 Å². The van der Waals surface area contributed by atoms with Crippen LogP contribution in [0.25, 0.3) is 0 Å². The third-order valence-corrected chi connectivity index (χ3v) is 19.7. The lowest BCUT2D eigenvalue weighted by Gasteiger charge is -2.40. The predicted molar refractivity (Wildman–Crippen MR) is 385 cm³/mol. The van der Waals surface area contributed by atoms with E-state index in [2.05, 4.69) is 43.9 Å². The molecule has 3 aromatic carbocycles. The number of alkyl halides is 2. The Balaban J connectivity index is 1.67. The zero-order chi connectivity index (χ0) is 75.7. The molecule has 0 bridgehead atoms. The molecule has 2 aliphatic rings. The van der Waals surface area contributed by atoms with Gasteiger partial charge < -0.3 is 65.2 Å². The maximum Gasteiger partial charge on any atom is 0.265 e. The van der Waals surface area contributed by atoms with Crippen LogP contribution in [0.15, 0.2) is 72.8 Å². The summed E-state index contributed by atoms with van der Waals surface area (Å²) in [6, 6.07) is 11.1. The summed E-state index contributed by atoms with van der Waals surface area (Å²) in [4.78, 5) is 186. The number of hydrogen-bond donors (Lipinski definition) is 4. The molecule has 3 aromatic rings. The highest BCUT2D eigenvalue weighted by atomic mass is 127. The van der Waals surface area contributed by atoms with E-state index in [-0.39, 0.29) is 56.9 Å². The molecular weight excluding hydrogens is 1420 g/mol. The monoisotopic (exact) mass is 1520 g/mol. The smallest absolute Gasteiger partial charge is 0.265 e. The maximum atomic E-state index is 15.3. The van der Waals surface area contributed by atoms with Crippen molar-refractivity contribution in [1.29, 1.82) is 0 Å². The molecule has 2 heterocycles. The van der Waals surface area contributed by atoms with Crippen LogP contribution in [-0.4, -0.2) is 253 Å². The number of benzene rings is 3. The molecule has 101 heavy (non-hydrogen) atoms. The van der Waals surface area contributed by atoms with Crippen molar-refractivity contribution < 1.29 is 71.1 Å². The second-order valence-corrected chi connectivity index (χ2v) is 29.7. The quantitative estimate of drug-likeness (QED) is 0.162. The Labute approximate surface area is 607 Å². The van der Waals surface area contributed by atoms with Crippen molar-refractivity contribution in [3.05, 3.63) is 98.6 Å². The molecule has 12 amide bonds. The molecule has 0 saturated carbocycles. The summed E-state index contributed by atoms with van der Waals surface area (Å²) in [6.07, 6.45) is -1.44. The number of piperidine rings is 1. The van der Waals surface area contributed by atoms with Gasteiger partial charge in [-0.25, -0.2) is 8.78 Å². The molecule has 5 rings (SSSR count). The number of rotatable bonds is 14. The Morgan fingerprint density at radius 1 is 0.604 bits per heavy atom. The SMILES string of the molecule is CC[C@H](C)C1NC(=O)C(CC(C)C)N(C)C(=O)CC(C(=O)N2CCCC(F)(F)C2)N(C)C(=O)C(CC(C)C)NC(=O)C(C)(C)N(C)C(=O)C(Cc2ccc(OC)cc2)NC(=O)C(Cc2cccc(I)c2)NC(=O)CN(C)C(=O)C(Cc2ccc(C)cc2)N(C)C(=O)CN(C)C(=O)CN(C)C1=O. The number of halogens is 3. The van der Waals surface area contributed by atoms with Crippen molar-refractivity contribution in [1.82, 2.24) is 60.5 Å². The number of aryl methyl sites for hydroxylation is 1. The van der Waals surface area contributed by atoms with Gasteiger partial charge in [0.1, 0.15) is 53.6 Å². The number of carbonyl (C=O) groups is 12. The summed E-state index contributed by atoms with van der Waals surface area (Å²) < 4.78 is 36.6. The first-order valence-corrected chi connectivity index (χ1v) is 35.4. The Kier molecular flexibility index (Phi) is 30.6. The Morgan fingerprint density at radius 3 is 1.76 bits per heavy atom. The van der Waals surface area contributed by atoms with Gasteiger partial charge in [-0.3, -0.25) is 57.5 Å². The minimum absolute atomic E-state index is 0.0179. The van der Waals surface area contributed by atoms with E-state index in [0.29, 0.717) is 28.9 Å². The van der Waals surface area contributed by atoms with Gasteiger partial charge in [-0.1, -0.05) is 102 Å². The first-order valence-electron chi connectivity index (χ1n) is 34.3. The van der Waals surface area contributed by atoms with Crippen LogP contribution >= 0.6 is 22.6 Å². The van der Waals surface area contributed by atoms with Crippen LogP contribution in [0.1, 0.15) is 116 Å². The summed E-state index contributed by atoms with van der Waals surface area (Å²) in [6.45, 7) is 12.4. The number of methoxy groups -OCH3 is 1. The van der Waals surface area contributed by atoms with Gasteiger partial charge in [-0.15, -0.1) is 0 Å². The van der Waals surface area contributed by atoms with Crippen molar-refractivity contribution >= 4 is 93.5 Å². The largest absolute Gasteiger partial charge is 0.497 e. The van der Waals surface area contributed by atoms with E-state index in [4.69, 9.17) is 4.74 Å². The van der Waals surface area contributed by atoms with E-state index in [0.717, 1.165) is 43.4 Å². The predicted octanol–water partition coefficient (Wildman–Crippen LogP) is 4.47. The molecule has 0 radical (unpaired) electrons. The summed E-state index contributed by atoms with van der Waals surface area (Å²) in [7, 11) is 10.8. The number of carbonyl (C=O) groups excluding carboxylic acids is 12. The maximum absolute atomic E-state index is 15.3. The highest BCUT2D eigenvalue weighted by Crippen LogP contribution is 2.29. The standard InChI is InChI=1S/C73H105F2IN12O13/c1-18-47(7)63-70(99)83(12)41-61(91)81(10)42-62(92)85(14)57(38-49-25-23-46(6)24-26-49)68(97)82(11)40-59(89)77-53(37-50-21-19-22-51(76)35-50)64(93)78-55(36-48-27-29-52(101-17)30-28-48)67(96)87(16)72(8,9)71(100)79-54(33-44(2)3)66(95)86(15)58(69(98)88-32-20-31-73(74,75)43-88)39-60(90)84(13)56(34-45(4)5)65(94)80-63/h19,21-30,35,44-45,47,53-58,63H,18,20,31-34,36-43H2,1-17H3,(H,77,89)(H,78,93)(H,79,100)(H,80,94)/t47-,53?,54?,55?,56?,57?,58?,63?/m0/s1. The molecule has 2 aliphatic heterocycles. The fourth-order valence-corrected chi connectivity index (χ4v) is 12.7. The van der Waals surface area contributed by atoms with E-state index in [1.54, 1.807) is 96.1 Å². The molecule has 2 fully saturated rings. The molecule has 0 aromatic heterocycles. The lowest BCUT2D eigenvalue weighted by molar-refractivity contribution is -0.156. The number of nitrogens with zero attached hydrogens (tertiary/aromatic N) is 8. The Morgan fingerprint density at radius 2 is 1.18 bits per heavy atom. The lowest BCUT2D eigenvalue weighted by atomic mass is 9.95. The van der Waals surface area contributed by atoms with Gasteiger partial charge in [-0.2, -0.15) is 0 Å². The van der Waals surface area contributed by atoms with Crippen LogP contribution in [0.3, 0.4) is 0 Å². The first-order chi connectivity index (χ1) is 47.2. The Hall–Kier alpha value is -8.31. The van der Waals surface area contributed by atoms with Crippen molar-refractivity contribution in [2.75, 3.05) is 89.2 Å². The molecular formula is C73H105F2IN12O13. The topological polar surface area (TPSA) is 288 Å². The third kappa shape index (κ3) is 23.4. The normalized spacial score (nSPS) is 23.6. The minimum Gasteiger partial charge on any atom is -0.497 e. The molecule has 556 valence electrons. The number of amides is 12. The zero-order valence-corrected chi connectivity index (χ0v) is 63.8. The Bertz CT molecular complexity index is 3450. The average molecular weight is 1520 g/mol. The van der Waals surface area contributed by atoms with Gasteiger partial charge in [0.15, 0.2) is 0 Å². The molecule has 0 spiro atoms. The van der Waals surface area contributed by atoms with Gasteiger partial charge in [0, 0.05) is 85.1 Å². The lowest BCUT2D eigenvalue weighted by Crippen LogP contribution is -2.64. The molecule has 4 N–H and O–H groups in total. The average Bonchev–Trinajstić information content (AvgIpc) is 0.805. The van der Waals surface area contributed by atoms with Crippen LogP contribution in [0.2, 0.25) is 0 Å². The molecule has 28 heteroatoms. The summed E-state index contributed by atoms with van der Waals surface area (Å²) in [5, 5.41) is 11.3. The van der Waals surface area contributed by atoms with Crippen molar-refractivity contribution in [3.63, 3.8) is 0 Å². The number of likely N-dealkylation sites (N-methyl/N-ethyl adjacent to an activating group) is 7. The van der Waals surface area contributed by atoms with E-state index in [1.807, 2.05) is 25.1 Å². The fourth-order valence-electron chi connectivity index (χ4n) is 12.1. The van der Waals surface area contributed by atoms with Crippen LogP contribution in [0.4, 0.5) is 8.78 Å². The van der Waals surface area contributed by atoms with E-state index in [1.165, 1.54) is 75.2 Å². The van der Waals surface area contributed by atoms with E-state index >= 15 is 28.0 Å². The molecule has 0 aliphatic carbocycles.